The molecule has 0 unspecified atom stereocenters. The maximum Gasteiger partial charge on any atom is -0.0579 e. The van der Waals surface area contributed by atoms with Gasteiger partial charge in [0.05, 0.1) is 0 Å². The van der Waals surface area contributed by atoms with Crippen LogP contribution in [-0.2, 0) is 46.7 Å². The van der Waals surface area contributed by atoms with Gasteiger partial charge in [-0.25, -0.2) is 0 Å². The van der Waals surface area contributed by atoms with Crippen LogP contribution in [0, 0.1) is 13.8 Å². The normalized spacial score (nSPS) is 9.57. The van der Waals surface area contributed by atoms with Crippen LogP contribution in [0.1, 0.15) is 61.8 Å². The molecule has 0 aliphatic carbocycles. The number of rotatable bonds is 2. The van der Waals surface area contributed by atoms with Gasteiger partial charge in [0.2, 0.25) is 0 Å². The molecule has 0 aliphatic heterocycles. The van der Waals surface area contributed by atoms with Crippen molar-refractivity contribution in [2.24, 2.45) is 0 Å². The molecule has 0 N–H and O–H groups in total. The van der Waals surface area contributed by atoms with Crippen LogP contribution in [-0.4, -0.2) is 10.9 Å². The quantitative estimate of drug-likeness (QED) is 0.120. The number of hydrogen-bond acceptors (Lipinski definition) is 0. The molecular formula is C48H60Cl4Si2Zr2. The third-order valence-electron chi connectivity index (χ3n) is 8.14. The van der Waals surface area contributed by atoms with Crippen molar-refractivity contribution in [3.05, 3.63) is 168 Å². The fourth-order valence-electron chi connectivity index (χ4n) is 5.63. The van der Waals surface area contributed by atoms with Crippen LogP contribution in [0.3, 0.4) is 0 Å². The zero-order valence-electron chi connectivity index (χ0n) is 34.6. The maximum absolute atomic E-state index is 2.31. The van der Waals surface area contributed by atoms with E-state index in [2.05, 4.69) is 213 Å². The first-order chi connectivity index (χ1) is 24.7. The van der Waals surface area contributed by atoms with Gasteiger partial charge in [-0.05, 0) is 11.8 Å². The fourth-order valence-corrected chi connectivity index (χ4v) is 5.63. The summed E-state index contributed by atoms with van der Waals surface area (Å²) in [6.07, 6.45) is 0. The Kier molecular flexibility index (Phi) is 30.2. The van der Waals surface area contributed by atoms with E-state index in [1.54, 1.807) is 46.7 Å². The molecule has 8 aromatic carbocycles. The van der Waals surface area contributed by atoms with E-state index in [1.807, 2.05) is 0 Å². The van der Waals surface area contributed by atoms with E-state index in [0.717, 1.165) is 0 Å². The summed E-state index contributed by atoms with van der Waals surface area (Å²) in [5, 5.41) is 10.8. The van der Waals surface area contributed by atoms with Gasteiger partial charge in [0, 0.05) is 0 Å². The Morgan fingerprint density at radius 2 is 0.607 bits per heavy atom. The Bertz CT molecular complexity index is 1990. The fraction of sp³-hybridized carbons (Fsp3) is 0.250. The third-order valence-corrected chi connectivity index (χ3v) is 8.14. The minimum absolute atomic E-state index is 0. The standard InChI is InChI=1S/2C12H13.2C10H9.2C2H6Si.4ClH.2Zr/c2*1-9(2)12-7-10-5-3-4-6-11(10)8-12;2*1-8-6-9-4-2-3-5-10(9)7-8;2*1-3-2;;;;;;/h2*3-9H,1-2H3;2*2-7H,1H3;2*1-2H3;4*1H;;/q4*-1;;;;;;;2*+2. The molecule has 56 heavy (non-hydrogen) atoms. The molecule has 0 saturated heterocycles. The van der Waals surface area contributed by atoms with E-state index in [0.29, 0.717) is 11.8 Å². The molecule has 0 aliphatic rings. The molecule has 0 radical (unpaired) electrons. The first-order valence-electron chi connectivity index (χ1n) is 18.3. The average molecular weight is 1020 g/mol. The molecule has 8 aromatic rings. The molecule has 0 amide bonds. The van der Waals surface area contributed by atoms with Crippen molar-refractivity contribution in [3.8, 4) is 0 Å². The van der Waals surface area contributed by atoms with Crippen LogP contribution >= 0.6 is 49.6 Å². The molecule has 0 heterocycles. The second-order valence-corrected chi connectivity index (χ2v) is 33.2. The van der Waals surface area contributed by atoms with Gasteiger partial charge in [-0.3, -0.25) is 0 Å². The van der Waals surface area contributed by atoms with Crippen molar-refractivity contribution >= 4 is 104 Å². The number of hydrogen-bond donors (Lipinski definition) is 0. The van der Waals surface area contributed by atoms with Gasteiger partial charge in [-0.15, -0.1) is 212 Å². The van der Waals surface area contributed by atoms with Gasteiger partial charge in [-0.1, -0.05) is 65.8 Å². The topological polar surface area (TPSA) is 0 Å². The summed E-state index contributed by atoms with van der Waals surface area (Å²) in [5.74, 6) is 1.27. The van der Waals surface area contributed by atoms with Crippen LogP contribution in [0.25, 0.3) is 43.1 Å². The van der Waals surface area contributed by atoms with E-state index >= 15 is 0 Å². The second-order valence-electron chi connectivity index (χ2n) is 14.5. The summed E-state index contributed by atoms with van der Waals surface area (Å²) in [6, 6.07) is 51.8. The van der Waals surface area contributed by atoms with Crippen LogP contribution in [0.2, 0.25) is 26.2 Å². The second kappa shape index (κ2) is 29.8. The number of halogens is 4. The van der Waals surface area contributed by atoms with Crippen molar-refractivity contribution in [3.63, 3.8) is 0 Å². The van der Waals surface area contributed by atoms with Gasteiger partial charge in [0.15, 0.2) is 0 Å². The predicted molar refractivity (Wildman–Crippen MR) is 260 cm³/mol. The SMILES string of the molecule is CC(C)c1cc2ccccc2[cH-]1.CC(C)c1cc2ccccc2[cH-]1.C[Si](C)=[Zr+2].C[Si](C)=[Zr+2].Cc1cc2ccccc2[cH-]1.Cc1cc2ccccc2[cH-]1.Cl.Cl.Cl.Cl. The molecule has 0 spiro atoms. The minimum Gasteiger partial charge on any atom is -0.165 e. The molecule has 0 fully saturated rings. The molecule has 8 heteroatoms. The van der Waals surface area contributed by atoms with Crippen LogP contribution in [0.4, 0.5) is 0 Å². The summed E-state index contributed by atoms with van der Waals surface area (Å²) >= 11 is 3.48. The largest absolute Gasteiger partial charge is 0.165 e. The summed E-state index contributed by atoms with van der Waals surface area (Å²) in [5.41, 5.74) is 6.00. The number of benzene rings is 4. The van der Waals surface area contributed by atoms with E-state index in [-0.39, 0.29) is 60.5 Å². The smallest absolute Gasteiger partial charge is 0.0579 e. The monoisotopic (exact) mass is 1010 g/mol. The molecule has 0 atom stereocenters. The molecule has 0 bridgehead atoms. The summed E-state index contributed by atoms with van der Waals surface area (Å²) < 4.78 is 0. The van der Waals surface area contributed by atoms with Gasteiger partial charge < -0.3 is 0 Å². The molecule has 0 saturated carbocycles. The van der Waals surface area contributed by atoms with Gasteiger partial charge in [0.1, 0.15) is 0 Å². The van der Waals surface area contributed by atoms with E-state index in [9.17, 15) is 0 Å². The van der Waals surface area contributed by atoms with E-state index in [1.165, 1.54) is 65.3 Å². The third kappa shape index (κ3) is 20.6. The summed E-state index contributed by atoms with van der Waals surface area (Å²) in [6.45, 7) is 22.4. The zero-order valence-corrected chi connectivity index (χ0v) is 44.8. The molecule has 0 nitrogen and oxygen atoms in total. The van der Waals surface area contributed by atoms with Crippen molar-refractivity contribution in [1.82, 2.24) is 0 Å². The Labute approximate surface area is 393 Å². The molecule has 296 valence electrons. The Hall–Kier alpha value is -1.32. The maximum atomic E-state index is 2.31. The Morgan fingerprint density at radius 1 is 0.393 bits per heavy atom. The van der Waals surface area contributed by atoms with Crippen LogP contribution < -0.4 is 0 Å². The van der Waals surface area contributed by atoms with Crippen LogP contribution in [0.5, 0.6) is 0 Å². The molecule has 0 aromatic heterocycles. The van der Waals surface area contributed by atoms with Crippen molar-refractivity contribution < 1.29 is 46.7 Å². The van der Waals surface area contributed by atoms with Crippen molar-refractivity contribution in [2.45, 2.75) is 79.6 Å². The Balaban J connectivity index is 0. The Morgan fingerprint density at radius 3 is 0.821 bits per heavy atom. The molecule has 8 rings (SSSR count). The van der Waals surface area contributed by atoms with Crippen molar-refractivity contribution in [2.75, 3.05) is 0 Å². The van der Waals surface area contributed by atoms with Gasteiger partial charge >= 0.3 is 83.7 Å². The minimum atomic E-state index is 0. The first kappa shape index (κ1) is 56.8. The summed E-state index contributed by atoms with van der Waals surface area (Å²) in [4.78, 5) is 0. The van der Waals surface area contributed by atoms with Gasteiger partial charge in [-0.2, -0.15) is 24.3 Å². The first-order valence-corrected chi connectivity index (χ1v) is 30.7. The number of fused-ring (bicyclic) bond motifs is 4. The zero-order chi connectivity index (χ0) is 38.2. The van der Waals surface area contributed by atoms with E-state index in [4.69, 9.17) is 0 Å². The van der Waals surface area contributed by atoms with Crippen LogP contribution in [0.15, 0.2) is 146 Å². The predicted octanol–water partition coefficient (Wildman–Crippen LogP) is 16.4. The van der Waals surface area contributed by atoms with E-state index < -0.39 is 0 Å². The number of aryl methyl sites for hydroxylation is 2. The van der Waals surface area contributed by atoms with Gasteiger partial charge in [0.25, 0.3) is 0 Å². The molecular weight excluding hydrogens is 957 g/mol. The van der Waals surface area contributed by atoms with Crippen molar-refractivity contribution in [1.29, 1.82) is 0 Å². The average Bonchev–Trinajstić information content (AvgIpc) is 3.88. The summed E-state index contributed by atoms with van der Waals surface area (Å²) in [7, 11) is 0.